The first-order valence-corrected chi connectivity index (χ1v) is 6.65. The van der Waals surface area contributed by atoms with Gasteiger partial charge in [-0.05, 0) is 50.6 Å². The maximum absolute atomic E-state index is 13.6. The third-order valence-electron chi connectivity index (χ3n) is 3.20. The highest BCUT2D eigenvalue weighted by Crippen LogP contribution is 2.18. The molecular formula is C14H21FN2O. The standard InChI is InChI=1S/C14H21FN2O/c1-2-18-14-4-3-11(9-13(14)15)5-8-17-12-6-7-16-10-12/h3-4,9,12,16-17H,2,5-8,10H2,1H3. The van der Waals surface area contributed by atoms with Gasteiger partial charge in [-0.15, -0.1) is 0 Å². The quantitative estimate of drug-likeness (QED) is 0.809. The predicted octanol–water partition coefficient (Wildman–Crippen LogP) is 1.72. The number of hydrogen-bond acceptors (Lipinski definition) is 3. The van der Waals surface area contributed by atoms with Gasteiger partial charge in [-0.2, -0.15) is 0 Å². The van der Waals surface area contributed by atoms with Crippen LogP contribution in [-0.4, -0.2) is 32.3 Å². The summed E-state index contributed by atoms with van der Waals surface area (Å²) in [6.07, 6.45) is 2.03. The van der Waals surface area contributed by atoms with E-state index >= 15 is 0 Å². The molecule has 1 saturated heterocycles. The zero-order chi connectivity index (χ0) is 12.8. The fourth-order valence-electron chi connectivity index (χ4n) is 2.22. The molecule has 0 bridgehead atoms. The molecule has 1 fully saturated rings. The van der Waals surface area contributed by atoms with Crippen LogP contribution in [0.1, 0.15) is 18.9 Å². The van der Waals surface area contributed by atoms with Crippen LogP contribution in [-0.2, 0) is 6.42 Å². The summed E-state index contributed by atoms with van der Waals surface area (Å²) in [6.45, 7) is 5.37. The minimum absolute atomic E-state index is 0.267. The zero-order valence-electron chi connectivity index (χ0n) is 10.8. The zero-order valence-corrected chi connectivity index (χ0v) is 10.8. The van der Waals surface area contributed by atoms with E-state index < -0.39 is 0 Å². The van der Waals surface area contributed by atoms with Gasteiger partial charge in [-0.3, -0.25) is 0 Å². The minimum Gasteiger partial charge on any atom is -0.491 e. The average Bonchev–Trinajstić information content (AvgIpc) is 2.86. The lowest BCUT2D eigenvalue weighted by Crippen LogP contribution is -2.32. The second-order valence-electron chi connectivity index (χ2n) is 4.59. The summed E-state index contributed by atoms with van der Waals surface area (Å²) in [6, 6.07) is 5.78. The molecule has 1 unspecified atom stereocenters. The molecule has 0 aromatic heterocycles. The second-order valence-corrected chi connectivity index (χ2v) is 4.59. The van der Waals surface area contributed by atoms with Gasteiger partial charge in [0.25, 0.3) is 0 Å². The first-order valence-electron chi connectivity index (χ1n) is 6.65. The molecule has 1 aromatic carbocycles. The molecule has 1 atom stereocenters. The van der Waals surface area contributed by atoms with Gasteiger partial charge >= 0.3 is 0 Å². The summed E-state index contributed by atoms with van der Waals surface area (Å²) in [5, 5.41) is 6.79. The van der Waals surface area contributed by atoms with Crippen molar-refractivity contribution >= 4 is 0 Å². The fraction of sp³-hybridized carbons (Fsp3) is 0.571. The fourth-order valence-corrected chi connectivity index (χ4v) is 2.22. The Hall–Kier alpha value is -1.13. The summed E-state index contributed by atoms with van der Waals surface area (Å²) in [5.41, 5.74) is 1.01. The Kier molecular flexibility index (Phi) is 4.96. The van der Waals surface area contributed by atoms with E-state index in [1.54, 1.807) is 12.1 Å². The van der Waals surface area contributed by atoms with E-state index in [0.717, 1.165) is 31.6 Å². The van der Waals surface area contributed by atoms with Crippen molar-refractivity contribution in [3.05, 3.63) is 29.6 Å². The van der Waals surface area contributed by atoms with Crippen molar-refractivity contribution in [2.45, 2.75) is 25.8 Å². The number of benzene rings is 1. The lowest BCUT2D eigenvalue weighted by Gasteiger charge is -2.11. The third-order valence-corrected chi connectivity index (χ3v) is 3.20. The van der Waals surface area contributed by atoms with Crippen molar-refractivity contribution in [3.8, 4) is 5.75 Å². The van der Waals surface area contributed by atoms with Crippen LogP contribution in [0.15, 0.2) is 18.2 Å². The number of nitrogens with one attached hydrogen (secondary N) is 2. The molecule has 0 amide bonds. The molecule has 100 valence electrons. The van der Waals surface area contributed by atoms with Crippen LogP contribution in [0.25, 0.3) is 0 Å². The summed E-state index contributed by atoms with van der Waals surface area (Å²) in [5.74, 6) is 0.0751. The third kappa shape index (κ3) is 3.68. The average molecular weight is 252 g/mol. The molecule has 3 nitrogen and oxygen atoms in total. The normalized spacial score (nSPS) is 19.1. The van der Waals surface area contributed by atoms with Crippen molar-refractivity contribution < 1.29 is 9.13 Å². The van der Waals surface area contributed by atoms with E-state index in [0.29, 0.717) is 18.4 Å². The molecule has 0 radical (unpaired) electrons. The maximum Gasteiger partial charge on any atom is 0.165 e. The van der Waals surface area contributed by atoms with Gasteiger partial charge in [-0.25, -0.2) is 4.39 Å². The molecule has 4 heteroatoms. The molecule has 0 spiro atoms. The first-order chi connectivity index (χ1) is 8.79. The highest BCUT2D eigenvalue weighted by Gasteiger charge is 2.12. The van der Waals surface area contributed by atoms with Crippen LogP contribution in [0.2, 0.25) is 0 Å². The van der Waals surface area contributed by atoms with Crippen molar-refractivity contribution in [3.63, 3.8) is 0 Å². The Bertz CT molecular complexity index is 378. The molecule has 0 aliphatic carbocycles. The molecule has 18 heavy (non-hydrogen) atoms. The van der Waals surface area contributed by atoms with Gasteiger partial charge in [0.1, 0.15) is 0 Å². The monoisotopic (exact) mass is 252 g/mol. The van der Waals surface area contributed by atoms with Crippen molar-refractivity contribution in [2.75, 3.05) is 26.2 Å². The van der Waals surface area contributed by atoms with Crippen LogP contribution in [0.5, 0.6) is 5.75 Å². The summed E-state index contributed by atoms with van der Waals surface area (Å²) < 4.78 is 18.8. The highest BCUT2D eigenvalue weighted by molar-refractivity contribution is 5.29. The molecule has 1 heterocycles. The van der Waals surface area contributed by atoms with Crippen LogP contribution < -0.4 is 15.4 Å². The molecule has 0 saturated carbocycles. The lowest BCUT2D eigenvalue weighted by atomic mass is 10.1. The van der Waals surface area contributed by atoms with Crippen LogP contribution in [0.3, 0.4) is 0 Å². The molecule has 1 aliphatic heterocycles. The van der Waals surface area contributed by atoms with Gasteiger partial charge in [0.05, 0.1) is 6.61 Å². The van der Waals surface area contributed by atoms with Crippen molar-refractivity contribution in [1.29, 1.82) is 0 Å². The van der Waals surface area contributed by atoms with Crippen LogP contribution in [0.4, 0.5) is 4.39 Å². The van der Waals surface area contributed by atoms with Crippen LogP contribution >= 0.6 is 0 Å². The van der Waals surface area contributed by atoms with Gasteiger partial charge < -0.3 is 15.4 Å². The minimum atomic E-state index is -0.267. The molecule has 2 rings (SSSR count). The maximum atomic E-state index is 13.6. The Morgan fingerprint density at radius 3 is 3.06 bits per heavy atom. The van der Waals surface area contributed by atoms with Crippen molar-refractivity contribution in [2.24, 2.45) is 0 Å². The van der Waals surface area contributed by atoms with E-state index in [-0.39, 0.29) is 5.82 Å². The Morgan fingerprint density at radius 1 is 1.50 bits per heavy atom. The van der Waals surface area contributed by atoms with Gasteiger partial charge in [-0.1, -0.05) is 6.07 Å². The molecule has 1 aromatic rings. The summed E-state index contributed by atoms with van der Waals surface area (Å²) in [7, 11) is 0. The van der Waals surface area contributed by atoms with E-state index in [4.69, 9.17) is 4.74 Å². The number of halogens is 1. The van der Waals surface area contributed by atoms with Gasteiger partial charge in [0, 0.05) is 12.6 Å². The van der Waals surface area contributed by atoms with E-state index in [1.807, 2.05) is 13.0 Å². The Labute approximate surface area is 108 Å². The predicted molar refractivity (Wildman–Crippen MR) is 70.6 cm³/mol. The van der Waals surface area contributed by atoms with Crippen molar-refractivity contribution in [1.82, 2.24) is 10.6 Å². The number of ether oxygens (including phenoxy) is 1. The first kappa shape index (κ1) is 13.3. The Morgan fingerprint density at radius 2 is 2.39 bits per heavy atom. The summed E-state index contributed by atoms with van der Waals surface area (Å²) in [4.78, 5) is 0. The van der Waals surface area contributed by atoms with Crippen LogP contribution in [0, 0.1) is 5.82 Å². The SMILES string of the molecule is CCOc1ccc(CCNC2CCNC2)cc1F. The molecule has 2 N–H and O–H groups in total. The number of hydrogen-bond donors (Lipinski definition) is 2. The Balaban J connectivity index is 1.80. The smallest absolute Gasteiger partial charge is 0.165 e. The van der Waals surface area contributed by atoms with Gasteiger partial charge in [0.15, 0.2) is 11.6 Å². The topological polar surface area (TPSA) is 33.3 Å². The van der Waals surface area contributed by atoms with E-state index in [9.17, 15) is 4.39 Å². The summed E-state index contributed by atoms with van der Waals surface area (Å²) >= 11 is 0. The van der Waals surface area contributed by atoms with E-state index in [2.05, 4.69) is 10.6 Å². The second kappa shape index (κ2) is 6.71. The highest BCUT2D eigenvalue weighted by atomic mass is 19.1. The molecular weight excluding hydrogens is 231 g/mol. The lowest BCUT2D eigenvalue weighted by molar-refractivity contribution is 0.321. The van der Waals surface area contributed by atoms with E-state index in [1.165, 1.54) is 6.42 Å². The van der Waals surface area contributed by atoms with Gasteiger partial charge in [0.2, 0.25) is 0 Å². The number of rotatable bonds is 6. The largest absolute Gasteiger partial charge is 0.491 e. The molecule has 1 aliphatic rings.